The maximum absolute atomic E-state index is 12.5. The van der Waals surface area contributed by atoms with Crippen molar-refractivity contribution in [3.63, 3.8) is 0 Å². The van der Waals surface area contributed by atoms with Gasteiger partial charge in [-0.05, 0) is 12.8 Å². The van der Waals surface area contributed by atoms with E-state index < -0.39 is 5.97 Å². The molecule has 1 fully saturated rings. The molecule has 1 amide bonds. The summed E-state index contributed by atoms with van der Waals surface area (Å²) >= 11 is 7.42. The summed E-state index contributed by atoms with van der Waals surface area (Å²) in [6.45, 7) is 3.14. The third-order valence-corrected chi connectivity index (χ3v) is 5.88. The number of nitrogens with one attached hydrogen (secondary N) is 2. The molecule has 2 aromatic heterocycles. The van der Waals surface area contributed by atoms with E-state index in [1.54, 1.807) is 12.5 Å². The van der Waals surface area contributed by atoms with E-state index in [0.29, 0.717) is 36.8 Å². The van der Waals surface area contributed by atoms with Gasteiger partial charge < -0.3 is 25.0 Å². The minimum Gasteiger partial charge on any atom is -0.481 e. The number of amides is 1. The number of nitrogens with zero attached hydrogens (tertiary/aromatic N) is 3. The number of thiazole rings is 1. The van der Waals surface area contributed by atoms with E-state index in [1.807, 2.05) is 11.8 Å². The van der Waals surface area contributed by atoms with Gasteiger partial charge in [0, 0.05) is 25.6 Å². The molecule has 3 rings (SSSR count). The zero-order chi connectivity index (χ0) is 20.3. The highest BCUT2D eigenvalue weighted by Crippen LogP contribution is 2.25. The van der Waals surface area contributed by atoms with Crippen LogP contribution in [0.5, 0.6) is 0 Å². The summed E-state index contributed by atoms with van der Waals surface area (Å²) in [6.07, 6.45) is 0.992. The Kier molecular flexibility index (Phi) is 6.53. The van der Waals surface area contributed by atoms with Gasteiger partial charge in [0.15, 0.2) is 16.1 Å². The number of anilines is 1. The van der Waals surface area contributed by atoms with Crippen molar-refractivity contribution in [2.75, 3.05) is 25.1 Å². The van der Waals surface area contributed by atoms with Crippen LogP contribution in [-0.2, 0) is 22.4 Å². The Labute approximate surface area is 171 Å². The van der Waals surface area contributed by atoms with E-state index in [2.05, 4.69) is 20.3 Å². The average molecular weight is 428 g/mol. The Hall–Kier alpha value is -2.17. The lowest BCUT2D eigenvalue weighted by molar-refractivity contribution is -0.136. The molecule has 1 aliphatic rings. The smallest absolute Gasteiger partial charge is 0.309 e. The molecule has 0 bridgehead atoms. The van der Waals surface area contributed by atoms with Gasteiger partial charge in [-0.3, -0.25) is 9.59 Å². The number of H-pyrrole nitrogens is 1. The third kappa shape index (κ3) is 4.62. The predicted octanol–water partition coefficient (Wildman–Crippen LogP) is 1.73. The number of aliphatic carboxylic acids is 1. The minimum absolute atomic E-state index is 0.0951. The SMILES string of the molecule is CCc1[nH]c(C(=O)NC2CCN(c3nc(CC(=O)O)cs3)C[C@@H]2OC)nc1Cl. The fourth-order valence-corrected chi connectivity index (χ4v) is 4.27. The first kappa shape index (κ1) is 20.6. The second-order valence-corrected chi connectivity index (χ2v) is 7.68. The summed E-state index contributed by atoms with van der Waals surface area (Å²) in [5.41, 5.74) is 1.27. The van der Waals surface area contributed by atoms with E-state index in [-0.39, 0.29) is 30.3 Å². The van der Waals surface area contributed by atoms with Crippen molar-refractivity contribution in [2.45, 2.75) is 38.3 Å². The van der Waals surface area contributed by atoms with Crippen LogP contribution in [0.1, 0.15) is 35.4 Å². The van der Waals surface area contributed by atoms with Crippen molar-refractivity contribution >= 4 is 39.9 Å². The zero-order valence-electron chi connectivity index (χ0n) is 15.6. The number of ether oxygens (including phenoxy) is 1. The largest absolute Gasteiger partial charge is 0.481 e. The van der Waals surface area contributed by atoms with Crippen LogP contribution in [0, 0.1) is 0 Å². The van der Waals surface area contributed by atoms with Crippen LogP contribution in [0.4, 0.5) is 5.13 Å². The van der Waals surface area contributed by atoms with Crippen LogP contribution in [-0.4, -0.2) is 64.3 Å². The Morgan fingerprint density at radius 2 is 2.29 bits per heavy atom. The molecule has 3 N–H and O–H groups in total. The number of hydrogen-bond donors (Lipinski definition) is 3. The van der Waals surface area contributed by atoms with E-state index in [0.717, 1.165) is 10.8 Å². The van der Waals surface area contributed by atoms with E-state index in [9.17, 15) is 9.59 Å². The van der Waals surface area contributed by atoms with E-state index >= 15 is 0 Å². The molecule has 3 heterocycles. The van der Waals surface area contributed by atoms with Gasteiger partial charge in [-0.25, -0.2) is 9.97 Å². The van der Waals surface area contributed by atoms with Crippen molar-refractivity contribution in [1.82, 2.24) is 20.3 Å². The van der Waals surface area contributed by atoms with Crippen molar-refractivity contribution in [3.8, 4) is 0 Å². The molecule has 0 radical (unpaired) electrons. The Bertz CT molecular complexity index is 854. The number of imidazole rings is 1. The summed E-state index contributed by atoms with van der Waals surface area (Å²) in [7, 11) is 1.60. The summed E-state index contributed by atoms with van der Waals surface area (Å²) in [4.78, 5) is 36.8. The van der Waals surface area contributed by atoms with Crippen LogP contribution in [0.3, 0.4) is 0 Å². The molecule has 1 aliphatic heterocycles. The number of halogens is 1. The van der Waals surface area contributed by atoms with Gasteiger partial charge in [0.05, 0.1) is 30.0 Å². The summed E-state index contributed by atoms with van der Waals surface area (Å²) < 4.78 is 5.58. The van der Waals surface area contributed by atoms with Gasteiger partial charge in [0.25, 0.3) is 5.91 Å². The number of carboxylic acid groups (broad SMARTS) is 1. The van der Waals surface area contributed by atoms with Gasteiger partial charge in [0.1, 0.15) is 0 Å². The first-order chi connectivity index (χ1) is 13.4. The number of aromatic nitrogens is 3. The van der Waals surface area contributed by atoms with Gasteiger partial charge in [0.2, 0.25) is 0 Å². The molecule has 2 aromatic rings. The molecule has 0 saturated carbocycles. The van der Waals surface area contributed by atoms with Crippen molar-refractivity contribution in [2.24, 2.45) is 0 Å². The fraction of sp³-hybridized carbons (Fsp3) is 0.529. The Balaban J connectivity index is 1.63. The summed E-state index contributed by atoms with van der Waals surface area (Å²) in [6, 6.07) is -0.179. The monoisotopic (exact) mass is 427 g/mol. The third-order valence-electron chi connectivity index (χ3n) is 4.62. The average Bonchev–Trinajstić information content (AvgIpc) is 3.27. The van der Waals surface area contributed by atoms with Crippen molar-refractivity contribution < 1.29 is 19.4 Å². The maximum atomic E-state index is 12.5. The minimum atomic E-state index is -0.905. The number of carboxylic acids is 1. The number of aromatic amines is 1. The quantitative estimate of drug-likeness (QED) is 0.615. The number of piperidine rings is 1. The van der Waals surface area contributed by atoms with Gasteiger partial charge in [-0.2, -0.15) is 0 Å². The molecule has 11 heteroatoms. The predicted molar refractivity (Wildman–Crippen MR) is 105 cm³/mol. The van der Waals surface area contributed by atoms with Crippen LogP contribution >= 0.6 is 22.9 Å². The lowest BCUT2D eigenvalue weighted by Crippen LogP contribution is -2.55. The van der Waals surface area contributed by atoms with E-state index in [1.165, 1.54) is 11.3 Å². The maximum Gasteiger partial charge on any atom is 0.309 e. The van der Waals surface area contributed by atoms with E-state index in [4.69, 9.17) is 21.4 Å². The highest BCUT2D eigenvalue weighted by molar-refractivity contribution is 7.13. The fourth-order valence-electron chi connectivity index (χ4n) is 3.14. The normalized spacial score (nSPS) is 19.6. The summed E-state index contributed by atoms with van der Waals surface area (Å²) in [5, 5.41) is 14.7. The number of carbonyl (C=O) groups is 2. The first-order valence-corrected chi connectivity index (χ1v) is 10.2. The Morgan fingerprint density at radius 1 is 1.50 bits per heavy atom. The van der Waals surface area contributed by atoms with Crippen LogP contribution < -0.4 is 10.2 Å². The zero-order valence-corrected chi connectivity index (χ0v) is 17.1. The van der Waals surface area contributed by atoms with Crippen molar-refractivity contribution in [1.29, 1.82) is 0 Å². The topological polar surface area (TPSA) is 120 Å². The molecule has 28 heavy (non-hydrogen) atoms. The molecule has 152 valence electrons. The molecule has 0 aromatic carbocycles. The molecule has 1 saturated heterocycles. The van der Waals surface area contributed by atoms with Gasteiger partial charge in [-0.15, -0.1) is 11.3 Å². The number of carbonyl (C=O) groups excluding carboxylic acids is 1. The van der Waals surface area contributed by atoms with Crippen LogP contribution in [0.2, 0.25) is 5.15 Å². The molecule has 0 aliphatic carbocycles. The lowest BCUT2D eigenvalue weighted by Gasteiger charge is -2.37. The van der Waals surface area contributed by atoms with Gasteiger partial charge in [-0.1, -0.05) is 18.5 Å². The van der Waals surface area contributed by atoms with Crippen molar-refractivity contribution in [3.05, 3.63) is 27.7 Å². The standard InChI is InChI=1S/C17H22ClN5O4S/c1-3-10-14(18)22-15(20-10)16(26)21-11-4-5-23(7-12(11)27-2)17-19-9(8-28-17)6-13(24)25/h8,11-12H,3-7H2,1-2H3,(H,20,22)(H,21,26)(H,24,25)/t11?,12-/m0/s1. The molecule has 1 unspecified atom stereocenters. The number of hydrogen-bond acceptors (Lipinski definition) is 7. The molecule has 0 spiro atoms. The second kappa shape index (κ2) is 8.89. The number of rotatable bonds is 7. The van der Waals surface area contributed by atoms with Gasteiger partial charge >= 0.3 is 5.97 Å². The molecular formula is C17H22ClN5O4S. The summed E-state index contributed by atoms with van der Waals surface area (Å²) in [5.74, 6) is -1.03. The lowest BCUT2D eigenvalue weighted by atomic mass is 10.0. The highest BCUT2D eigenvalue weighted by atomic mass is 35.5. The molecule has 9 nitrogen and oxygen atoms in total. The highest BCUT2D eigenvalue weighted by Gasteiger charge is 2.32. The molecule has 2 atom stereocenters. The first-order valence-electron chi connectivity index (χ1n) is 8.90. The number of aryl methyl sites for hydroxylation is 1. The van der Waals surface area contributed by atoms with Crippen LogP contribution in [0.25, 0.3) is 0 Å². The molecular weight excluding hydrogens is 406 g/mol. The second-order valence-electron chi connectivity index (χ2n) is 6.49. The van der Waals surface area contributed by atoms with Crippen LogP contribution in [0.15, 0.2) is 5.38 Å². The number of methoxy groups -OCH3 is 1. The Morgan fingerprint density at radius 3 is 2.93 bits per heavy atom.